The van der Waals surface area contributed by atoms with Gasteiger partial charge >= 0.3 is 0 Å². The molecule has 71 heavy (non-hydrogen) atoms. The van der Waals surface area contributed by atoms with Gasteiger partial charge in [0.1, 0.15) is 11.4 Å². The van der Waals surface area contributed by atoms with E-state index in [0.29, 0.717) is 58.2 Å². The smallest absolute Gasteiger partial charge is 0.295 e. The lowest BCUT2D eigenvalue weighted by Gasteiger charge is -2.27. The summed E-state index contributed by atoms with van der Waals surface area (Å²) in [6.07, 6.45) is 15.1. The molecule has 1 amide bonds. The molecule has 4 aromatic rings. The highest BCUT2D eigenvalue weighted by Gasteiger charge is 2.46. The largest absolute Gasteiger partial charge is 0.345 e. The van der Waals surface area contributed by atoms with Crippen LogP contribution in [-0.2, 0) is 65.4 Å². The molecule has 4 aromatic carbocycles. The van der Waals surface area contributed by atoms with E-state index in [1.165, 1.54) is 29.6 Å². The van der Waals surface area contributed by atoms with Crippen molar-refractivity contribution in [2.24, 2.45) is 0 Å². The number of carbonyl (C=O) groups is 1. The predicted octanol–water partition coefficient (Wildman–Crippen LogP) is 6.54. The van der Waals surface area contributed by atoms with Crippen LogP contribution in [0, 0.1) is 12.3 Å². The topological polar surface area (TPSA) is 275 Å². The van der Waals surface area contributed by atoms with E-state index < -0.39 is 66.8 Å². The zero-order valence-electron chi connectivity index (χ0n) is 39.4. The number of hydrogen-bond acceptors (Lipinski definition) is 14. The van der Waals surface area contributed by atoms with Crippen LogP contribution in [0.1, 0.15) is 64.5 Å². The fraction of sp³-hybridized carbons (Fsp3) is 0.362. The van der Waals surface area contributed by atoms with Gasteiger partial charge in [-0.2, -0.15) is 29.8 Å². The van der Waals surface area contributed by atoms with Crippen LogP contribution < -0.4 is 10.2 Å². The first-order valence-corrected chi connectivity index (χ1v) is 28.8. The minimum absolute atomic E-state index is 0.0297. The zero-order valence-corrected chi connectivity index (χ0v) is 43.5. The Bertz CT molecular complexity index is 3400. The number of fused-ring (bicyclic) bond motifs is 6. The molecule has 2 heterocycles. The fourth-order valence-electron chi connectivity index (χ4n) is 9.39. The summed E-state index contributed by atoms with van der Waals surface area (Å²) in [6.45, 7) is 8.31. The second kappa shape index (κ2) is 21.6. The summed E-state index contributed by atoms with van der Waals surface area (Å²) in [5.74, 6) is 1.90. The number of hydrogen-bond donors (Lipinski definition) is 5. The molecule has 0 saturated carbocycles. The van der Waals surface area contributed by atoms with Gasteiger partial charge < -0.3 is 10.2 Å². The highest BCUT2D eigenvalue weighted by Crippen LogP contribution is 2.52. The molecule has 0 atom stereocenters. The summed E-state index contributed by atoms with van der Waals surface area (Å²) in [6, 6.07) is 13.5. The molecule has 6 rings (SSSR count). The van der Waals surface area contributed by atoms with Gasteiger partial charge in [0.2, 0.25) is 21.6 Å². The van der Waals surface area contributed by atoms with Crippen LogP contribution in [0.3, 0.4) is 0 Å². The van der Waals surface area contributed by atoms with Gasteiger partial charge in [-0.15, -0.1) is 10.8 Å². The summed E-state index contributed by atoms with van der Waals surface area (Å²) in [7, 11) is -16.8. The normalized spacial score (nSPS) is 16.5. The number of terminal acetylenes is 1. The van der Waals surface area contributed by atoms with Crippen molar-refractivity contribution in [3.63, 3.8) is 0 Å². The first kappa shape index (κ1) is 55.3. The summed E-state index contributed by atoms with van der Waals surface area (Å²) < 4.78 is 139. The molecule has 0 spiro atoms. The second-order valence-corrected chi connectivity index (χ2v) is 25.0. The maximum atomic E-state index is 14.1. The summed E-state index contributed by atoms with van der Waals surface area (Å²) >= 11 is 0.854. The third kappa shape index (κ3) is 11.9. The molecule has 5 N–H and O–H groups in total. The average Bonchev–Trinajstić information content (AvgIpc) is 3.64. The standard InChI is InChI=1S/C47H54N4O15S5/c1-7-24-48-43(52)19-12-25-49(6)69(57,58)39-16-11-15-35-33(39)20-22-37-44(35)46(2,3)41(51(37)27-14-29-68(54,55)56)17-9-8-10-18-42-47(4,5)45-36-30-32(70(59,60)61)31-40(71(62,63)64)34(36)21-23-38(45)50(42)26-13-28-67-66-65-53/h1,8-11,15-18,20-23,30-31H,12-14,19,24-29H2,2-6H3,(H4-,48,52,53,54,55,56,59,60,61,62,63,64)/p+1. The Morgan fingerprint density at radius 1 is 0.845 bits per heavy atom. The van der Waals surface area contributed by atoms with Gasteiger partial charge in [-0.05, 0) is 79.4 Å². The molecule has 0 aliphatic carbocycles. The molecule has 0 fully saturated rings. The molecule has 0 aromatic heterocycles. The van der Waals surface area contributed by atoms with Crippen LogP contribution in [0.4, 0.5) is 11.4 Å². The molecular weight excluding hydrogens is 1020 g/mol. The maximum Gasteiger partial charge on any atom is 0.295 e. The monoisotopic (exact) mass is 1080 g/mol. The lowest BCUT2D eigenvalue weighted by atomic mass is 9.79. The summed E-state index contributed by atoms with van der Waals surface area (Å²) in [4.78, 5) is 12.7. The third-order valence-electron chi connectivity index (χ3n) is 12.5. The molecule has 382 valence electrons. The van der Waals surface area contributed by atoms with Gasteiger partial charge in [0.05, 0.1) is 27.5 Å². The number of nitrogens with zero attached hydrogens (tertiary/aromatic N) is 3. The average molecular weight is 1080 g/mol. The lowest BCUT2D eigenvalue weighted by molar-refractivity contribution is -0.437. The van der Waals surface area contributed by atoms with Gasteiger partial charge in [-0.1, -0.05) is 61.2 Å². The van der Waals surface area contributed by atoms with E-state index in [0.717, 1.165) is 23.3 Å². The van der Waals surface area contributed by atoms with Crippen molar-refractivity contribution in [2.45, 2.75) is 78.9 Å². The second-order valence-electron chi connectivity index (χ2n) is 17.8. The zero-order chi connectivity index (χ0) is 52.3. The van der Waals surface area contributed by atoms with E-state index >= 15 is 0 Å². The quantitative estimate of drug-likeness (QED) is 0.00816. The molecule has 0 bridgehead atoms. The van der Waals surface area contributed by atoms with E-state index in [-0.39, 0.29) is 60.5 Å². The van der Waals surface area contributed by atoms with E-state index in [1.54, 1.807) is 42.5 Å². The molecule has 24 heteroatoms. The predicted molar refractivity (Wildman–Crippen MR) is 271 cm³/mol. The molecule has 0 radical (unpaired) electrons. The van der Waals surface area contributed by atoms with Gasteiger partial charge in [0.25, 0.3) is 30.4 Å². The maximum absolute atomic E-state index is 14.1. The number of carbonyl (C=O) groups excluding carboxylic acids is 1. The van der Waals surface area contributed by atoms with E-state index in [4.69, 9.17) is 11.7 Å². The minimum Gasteiger partial charge on any atom is -0.345 e. The van der Waals surface area contributed by atoms with Crippen molar-refractivity contribution in [2.75, 3.05) is 49.6 Å². The summed E-state index contributed by atoms with van der Waals surface area (Å²) in [5, 5.41) is 16.2. The fourth-order valence-corrected chi connectivity index (χ4v) is 13.0. The van der Waals surface area contributed by atoms with E-state index in [9.17, 15) is 52.1 Å². The molecule has 2 aliphatic heterocycles. The Morgan fingerprint density at radius 3 is 2.21 bits per heavy atom. The Morgan fingerprint density at radius 2 is 1.55 bits per heavy atom. The van der Waals surface area contributed by atoms with Gasteiger partial charge in [0.15, 0.2) is 5.71 Å². The van der Waals surface area contributed by atoms with Crippen molar-refractivity contribution in [1.29, 1.82) is 0 Å². The number of anilines is 1. The Hall–Kier alpha value is -5.01. The molecular formula is C47H55N4O15S5+. The number of sulfonamides is 1. The Labute approximate surface area is 418 Å². The first-order valence-electron chi connectivity index (χ1n) is 22.0. The molecule has 0 unspecified atom stereocenters. The molecule has 19 nitrogen and oxygen atoms in total. The van der Waals surface area contributed by atoms with Crippen LogP contribution in [-0.4, -0.2) is 118 Å². The summed E-state index contributed by atoms with van der Waals surface area (Å²) in [5.41, 5.74) is 2.28. The van der Waals surface area contributed by atoms with Crippen LogP contribution in [0.2, 0.25) is 0 Å². The van der Waals surface area contributed by atoms with Crippen molar-refractivity contribution in [3.8, 4) is 12.3 Å². The van der Waals surface area contributed by atoms with Crippen molar-refractivity contribution < 1.29 is 71.3 Å². The van der Waals surface area contributed by atoms with Gasteiger partial charge in [0, 0.05) is 96.1 Å². The Balaban J connectivity index is 1.39. The number of rotatable bonds is 22. The SMILES string of the molecule is C#CCNC(=O)CCCN(C)S(=O)(=O)c1cccc2c3c(ccc12)[N+](CCCS(=O)(=O)O)=C(/C=C/C=C/C=C1/N(CCCSOOO)c2ccc4c(S(=O)(=O)O)cc(S(=O)(=O)O)cc4c2C1(C)C)C3(C)C. The Kier molecular flexibility index (Phi) is 16.8. The third-order valence-corrected chi connectivity index (χ3v) is 17.5. The van der Waals surface area contributed by atoms with E-state index in [2.05, 4.69) is 20.6 Å². The number of amides is 1. The molecule has 0 saturated heterocycles. The highest BCUT2D eigenvalue weighted by molar-refractivity contribution is 7.94. The lowest BCUT2D eigenvalue weighted by Crippen LogP contribution is -2.30. The van der Waals surface area contributed by atoms with Crippen molar-refractivity contribution in [3.05, 3.63) is 102 Å². The number of nitrogens with one attached hydrogen (secondary N) is 1. The van der Waals surface area contributed by atoms with Crippen LogP contribution in [0.25, 0.3) is 21.5 Å². The minimum atomic E-state index is -4.97. The number of benzene rings is 4. The van der Waals surface area contributed by atoms with Crippen LogP contribution in [0.15, 0.2) is 105 Å². The van der Waals surface area contributed by atoms with Crippen LogP contribution in [0.5, 0.6) is 0 Å². The van der Waals surface area contributed by atoms with Gasteiger partial charge in [-0.25, -0.2) is 18.0 Å². The first-order chi connectivity index (χ1) is 33.2. The van der Waals surface area contributed by atoms with Crippen molar-refractivity contribution in [1.82, 2.24) is 9.62 Å². The number of allylic oxidation sites excluding steroid dienone is 6. The van der Waals surface area contributed by atoms with Gasteiger partial charge in [-0.3, -0.25) is 18.5 Å². The van der Waals surface area contributed by atoms with E-state index in [1.807, 2.05) is 55.4 Å². The molecule has 2 aliphatic rings. The van der Waals surface area contributed by atoms with Crippen molar-refractivity contribution >= 4 is 97.0 Å². The highest BCUT2D eigenvalue weighted by atomic mass is 32.2. The van der Waals surface area contributed by atoms with Crippen LogP contribution >= 0.6 is 12.0 Å².